The molecule has 1 saturated heterocycles. The highest BCUT2D eigenvalue weighted by Crippen LogP contribution is 2.44. The molecule has 1 aliphatic carbocycles. The Morgan fingerprint density at radius 3 is 2.40 bits per heavy atom. The molecule has 1 heterocycles. The highest BCUT2D eigenvalue weighted by molar-refractivity contribution is 4.93. The van der Waals surface area contributed by atoms with E-state index in [2.05, 4.69) is 44.8 Å². The number of hydrogen-bond donors (Lipinski definition) is 1. The van der Waals surface area contributed by atoms with Crippen molar-refractivity contribution in [1.29, 1.82) is 0 Å². The van der Waals surface area contributed by atoms with Crippen LogP contribution in [0.25, 0.3) is 0 Å². The Balaban J connectivity index is 1.96. The lowest BCUT2D eigenvalue weighted by Gasteiger charge is -2.44. The first-order valence-electron chi connectivity index (χ1n) is 8.76. The maximum Gasteiger partial charge on any atom is 0.0244 e. The lowest BCUT2D eigenvalue weighted by atomic mass is 9.77. The first-order valence-corrected chi connectivity index (χ1v) is 8.76. The Labute approximate surface area is 126 Å². The van der Waals surface area contributed by atoms with E-state index < -0.39 is 0 Å². The van der Waals surface area contributed by atoms with Gasteiger partial charge in [0.15, 0.2) is 0 Å². The van der Waals surface area contributed by atoms with Crippen LogP contribution in [0.15, 0.2) is 0 Å². The SMILES string of the molecule is CC(C)CC1(CN2CCNC(C(C)(C)C)C2)CCCC1. The van der Waals surface area contributed by atoms with Crippen LogP contribution >= 0.6 is 0 Å². The summed E-state index contributed by atoms with van der Waals surface area (Å²) in [6, 6.07) is 0.647. The van der Waals surface area contributed by atoms with Gasteiger partial charge in [0.05, 0.1) is 0 Å². The standard InChI is InChI=1S/C18H36N2/c1-15(2)12-18(8-6-7-9-18)14-20-11-10-19-16(13-20)17(3,4)5/h15-16,19H,6-14H2,1-5H3. The Bertz CT molecular complexity index is 297. The number of nitrogens with zero attached hydrogens (tertiary/aromatic N) is 1. The number of hydrogen-bond acceptors (Lipinski definition) is 2. The van der Waals surface area contributed by atoms with Crippen LogP contribution in [0.2, 0.25) is 0 Å². The molecule has 118 valence electrons. The van der Waals surface area contributed by atoms with Crippen molar-refractivity contribution < 1.29 is 0 Å². The van der Waals surface area contributed by atoms with E-state index in [4.69, 9.17) is 0 Å². The van der Waals surface area contributed by atoms with Crippen LogP contribution in [0.5, 0.6) is 0 Å². The van der Waals surface area contributed by atoms with Crippen molar-refractivity contribution in [2.75, 3.05) is 26.2 Å². The molecule has 2 heteroatoms. The van der Waals surface area contributed by atoms with Gasteiger partial charge in [-0.25, -0.2) is 0 Å². The van der Waals surface area contributed by atoms with Gasteiger partial charge < -0.3 is 5.32 Å². The molecular formula is C18H36N2. The average molecular weight is 281 g/mol. The fourth-order valence-corrected chi connectivity index (χ4v) is 4.43. The molecule has 1 atom stereocenters. The van der Waals surface area contributed by atoms with Crippen LogP contribution in [-0.2, 0) is 0 Å². The van der Waals surface area contributed by atoms with Crippen molar-refractivity contribution in [3.8, 4) is 0 Å². The van der Waals surface area contributed by atoms with Crippen LogP contribution < -0.4 is 5.32 Å². The molecule has 0 aromatic heterocycles. The third-order valence-electron chi connectivity index (χ3n) is 5.37. The predicted octanol–water partition coefficient (Wildman–Crippen LogP) is 3.91. The molecule has 1 N–H and O–H groups in total. The second-order valence-corrected chi connectivity index (χ2v) is 8.91. The summed E-state index contributed by atoms with van der Waals surface area (Å²) in [5, 5.41) is 3.73. The highest BCUT2D eigenvalue weighted by Gasteiger charge is 2.38. The minimum absolute atomic E-state index is 0.375. The average Bonchev–Trinajstić information content (AvgIpc) is 2.75. The van der Waals surface area contributed by atoms with Crippen molar-refractivity contribution in [3.63, 3.8) is 0 Å². The zero-order valence-corrected chi connectivity index (χ0v) is 14.5. The van der Waals surface area contributed by atoms with Crippen LogP contribution in [0.4, 0.5) is 0 Å². The van der Waals surface area contributed by atoms with Crippen LogP contribution in [0, 0.1) is 16.7 Å². The van der Waals surface area contributed by atoms with E-state index in [0.29, 0.717) is 16.9 Å². The lowest BCUT2D eigenvalue weighted by Crippen LogP contribution is -2.57. The van der Waals surface area contributed by atoms with Gasteiger partial charge in [-0.2, -0.15) is 0 Å². The van der Waals surface area contributed by atoms with Crippen molar-refractivity contribution in [3.05, 3.63) is 0 Å². The van der Waals surface area contributed by atoms with E-state index in [1.807, 2.05) is 0 Å². The Morgan fingerprint density at radius 2 is 1.85 bits per heavy atom. The van der Waals surface area contributed by atoms with Crippen LogP contribution in [0.1, 0.15) is 66.7 Å². The molecule has 2 rings (SSSR count). The highest BCUT2D eigenvalue weighted by atomic mass is 15.2. The van der Waals surface area contributed by atoms with E-state index >= 15 is 0 Å². The van der Waals surface area contributed by atoms with Gasteiger partial charge >= 0.3 is 0 Å². The first kappa shape index (κ1) is 16.3. The van der Waals surface area contributed by atoms with E-state index in [9.17, 15) is 0 Å². The smallest absolute Gasteiger partial charge is 0.0244 e. The molecule has 20 heavy (non-hydrogen) atoms. The molecule has 1 saturated carbocycles. The van der Waals surface area contributed by atoms with Gasteiger partial charge in [-0.3, -0.25) is 4.90 Å². The summed E-state index contributed by atoms with van der Waals surface area (Å²) in [6.45, 7) is 16.9. The summed E-state index contributed by atoms with van der Waals surface area (Å²) >= 11 is 0. The fourth-order valence-electron chi connectivity index (χ4n) is 4.43. The molecular weight excluding hydrogens is 244 g/mol. The monoisotopic (exact) mass is 280 g/mol. The summed E-state index contributed by atoms with van der Waals surface area (Å²) in [6.07, 6.45) is 7.28. The Morgan fingerprint density at radius 1 is 1.20 bits per heavy atom. The topological polar surface area (TPSA) is 15.3 Å². The minimum atomic E-state index is 0.375. The number of piperazine rings is 1. The zero-order valence-electron chi connectivity index (χ0n) is 14.5. The molecule has 1 unspecified atom stereocenters. The van der Waals surface area contributed by atoms with Gasteiger partial charge in [0, 0.05) is 32.2 Å². The van der Waals surface area contributed by atoms with Crippen molar-refractivity contribution in [2.45, 2.75) is 72.8 Å². The molecule has 2 fully saturated rings. The van der Waals surface area contributed by atoms with E-state index in [-0.39, 0.29) is 0 Å². The van der Waals surface area contributed by atoms with Crippen LogP contribution in [0.3, 0.4) is 0 Å². The third-order valence-corrected chi connectivity index (χ3v) is 5.37. The maximum absolute atomic E-state index is 3.73. The van der Waals surface area contributed by atoms with Gasteiger partial charge in [-0.15, -0.1) is 0 Å². The van der Waals surface area contributed by atoms with Crippen LogP contribution in [-0.4, -0.2) is 37.1 Å². The van der Waals surface area contributed by atoms with Gasteiger partial charge in [0.25, 0.3) is 0 Å². The maximum atomic E-state index is 3.73. The Kier molecular flexibility index (Phi) is 5.18. The normalized spacial score (nSPS) is 28.2. The molecule has 0 amide bonds. The number of nitrogens with one attached hydrogen (secondary N) is 1. The van der Waals surface area contributed by atoms with E-state index in [0.717, 1.165) is 5.92 Å². The van der Waals surface area contributed by atoms with Crippen molar-refractivity contribution in [2.24, 2.45) is 16.7 Å². The third kappa shape index (κ3) is 4.21. The van der Waals surface area contributed by atoms with Gasteiger partial charge in [0.1, 0.15) is 0 Å². The molecule has 2 aliphatic rings. The fraction of sp³-hybridized carbons (Fsp3) is 1.00. The summed E-state index contributed by atoms with van der Waals surface area (Å²) < 4.78 is 0. The van der Waals surface area contributed by atoms with E-state index in [1.165, 1.54) is 58.3 Å². The molecule has 0 bridgehead atoms. The summed E-state index contributed by atoms with van der Waals surface area (Å²) in [7, 11) is 0. The minimum Gasteiger partial charge on any atom is -0.311 e. The summed E-state index contributed by atoms with van der Waals surface area (Å²) in [4.78, 5) is 2.76. The molecule has 0 radical (unpaired) electrons. The van der Waals surface area contributed by atoms with E-state index in [1.54, 1.807) is 0 Å². The second-order valence-electron chi connectivity index (χ2n) is 8.91. The van der Waals surface area contributed by atoms with Crippen molar-refractivity contribution >= 4 is 0 Å². The quantitative estimate of drug-likeness (QED) is 0.840. The molecule has 0 spiro atoms. The van der Waals surface area contributed by atoms with Gasteiger partial charge in [-0.1, -0.05) is 47.5 Å². The van der Waals surface area contributed by atoms with Crippen molar-refractivity contribution in [1.82, 2.24) is 10.2 Å². The largest absolute Gasteiger partial charge is 0.311 e. The molecule has 0 aromatic rings. The van der Waals surface area contributed by atoms with Gasteiger partial charge in [-0.05, 0) is 36.0 Å². The Hall–Kier alpha value is -0.0800. The lowest BCUT2D eigenvalue weighted by molar-refractivity contribution is 0.0763. The number of rotatable bonds is 4. The molecule has 0 aromatic carbocycles. The molecule has 1 aliphatic heterocycles. The summed E-state index contributed by atoms with van der Waals surface area (Å²) in [5.41, 5.74) is 1.01. The first-order chi connectivity index (χ1) is 9.31. The predicted molar refractivity (Wildman–Crippen MR) is 88.0 cm³/mol. The second kappa shape index (κ2) is 6.36. The zero-order chi connectivity index (χ0) is 14.8. The summed E-state index contributed by atoms with van der Waals surface area (Å²) in [5.74, 6) is 0.842. The molecule has 2 nitrogen and oxygen atoms in total. The van der Waals surface area contributed by atoms with Gasteiger partial charge in [0.2, 0.25) is 0 Å².